The van der Waals surface area contributed by atoms with Gasteiger partial charge >= 0.3 is 11.4 Å². The molecule has 16 heavy (non-hydrogen) atoms. The third kappa shape index (κ3) is 2.25. The van der Waals surface area contributed by atoms with Crippen molar-refractivity contribution >= 4 is 5.69 Å². The Hall–Kier alpha value is -1.76. The minimum absolute atomic E-state index is 0.155. The van der Waals surface area contributed by atoms with Crippen molar-refractivity contribution in [2.24, 2.45) is 0 Å². The van der Waals surface area contributed by atoms with Crippen LogP contribution < -0.4 is 11.0 Å². The van der Waals surface area contributed by atoms with Gasteiger partial charge in [-0.25, -0.2) is 4.79 Å². The van der Waals surface area contributed by atoms with Gasteiger partial charge in [0.15, 0.2) is 0 Å². The average molecular weight is 224 g/mol. The molecule has 1 atom stereocenters. The van der Waals surface area contributed by atoms with E-state index in [4.69, 9.17) is 0 Å². The van der Waals surface area contributed by atoms with Gasteiger partial charge in [0.05, 0.1) is 11.1 Å². The first-order chi connectivity index (χ1) is 7.66. The zero-order valence-electron chi connectivity index (χ0n) is 8.63. The van der Waals surface area contributed by atoms with Crippen LogP contribution in [0.15, 0.2) is 17.2 Å². The van der Waals surface area contributed by atoms with Gasteiger partial charge in [-0.1, -0.05) is 0 Å². The van der Waals surface area contributed by atoms with E-state index in [-0.39, 0.29) is 11.7 Å². The van der Waals surface area contributed by atoms with Crippen LogP contribution in [0, 0.1) is 10.1 Å². The molecule has 0 amide bonds. The van der Waals surface area contributed by atoms with E-state index in [0.717, 1.165) is 25.6 Å². The Bertz CT molecular complexity index is 450. The Morgan fingerprint density at radius 2 is 2.50 bits per heavy atom. The molecular formula is C9H12N4O3. The van der Waals surface area contributed by atoms with Crippen molar-refractivity contribution in [1.82, 2.24) is 14.9 Å². The van der Waals surface area contributed by atoms with Gasteiger partial charge in [0.1, 0.15) is 6.20 Å². The number of nitrogens with zero attached hydrogens (tertiary/aromatic N) is 3. The fourth-order valence-electron chi connectivity index (χ4n) is 1.82. The van der Waals surface area contributed by atoms with Gasteiger partial charge in [-0.2, -0.15) is 4.98 Å². The van der Waals surface area contributed by atoms with Crippen molar-refractivity contribution < 1.29 is 4.92 Å². The number of hydrogen-bond donors (Lipinski definition) is 1. The summed E-state index contributed by atoms with van der Waals surface area (Å²) in [6.45, 7) is 1.37. The first-order valence-electron chi connectivity index (χ1n) is 5.11. The smallest absolute Gasteiger partial charge is 0.312 e. The molecule has 1 aromatic heterocycles. The molecule has 1 aliphatic heterocycles. The summed E-state index contributed by atoms with van der Waals surface area (Å²) in [7, 11) is 0. The van der Waals surface area contributed by atoms with Gasteiger partial charge in [0.25, 0.3) is 0 Å². The van der Waals surface area contributed by atoms with Crippen LogP contribution in [0.25, 0.3) is 0 Å². The molecular weight excluding hydrogens is 212 g/mol. The van der Waals surface area contributed by atoms with E-state index in [9.17, 15) is 14.9 Å². The maximum absolute atomic E-state index is 11.4. The zero-order valence-corrected chi connectivity index (χ0v) is 8.63. The molecule has 1 aromatic rings. The number of nitrogens with one attached hydrogen (secondary N) is 1. The van der Waals surface area contributed by atoms with Crippen LogP contribution in [0.5, 0.6) is 0 Å². The topological polar surface area (TPSA) is 90.1 Å². The Kier molecular flexibility index (Phi) is 2.95. The predicted molar refractivity (Wildman–Crippen MR) is 56.2 cm³/mol. The molecule has 1 fully saturated rings. The third-order valence-electron chi connectivity index (χ3n) is 2.63. The summed E-state index contributed by atoms with van der Waals surface area (Å²) < 4.78 is 1.29. The van der Waals surface area contributed by atoms with Crippen molar-refractivity contribution in [2.75, 3.05) is 6.54 Å². The standard InChI is InChI=1S/C9H12N4O3/c14-9-11-4-8(13(15)16)6-12(9)5-7-2-1-3-10-7/h4,6-7,10H,1-3,5H2. The molecule has 0 aliphatic carbocycles. The van der Waals surface area contributed by atoms with Crippen LogP contribution in [-0.2, 0) is 6.54 Å². The van der Waals surface area contributed by atoms with Crippen molar-refractivity contribution in [3.63, 3.8) is 0 Å². The maximum atomic E-state index is 11.4. The number of nitro groups is 1. The lowest BCUT2D eigenvalue weighted by atomic mass is 10.2. The second kappa shape index (κ2) is 4.40. The molecule has 1 aliphatic rings. The summed E-state index contributed by atoms with van der Waals surface area (Å²) in [6.07, 6.45) is 4.28. The summed E-state index contributed by atoms with van der Waals surface area (Å²) in [5.74, 6) is 0. The molecule has 0 bridgehead atoms. The second-order valence-electron chi connectivity index (χ2n) is 3.80. The maximum Gasteiger partial charge on any atom is 0.348 e. The van der Waals surface area contributed by atoms with Crippen LogP contribution >= 0.6 is 0 Å². The average Bonchev–Trinajstić information content (AvgIpc) is 2.73. The van der Waals surface area contributed by atoms with E-state index < -0.39 is 10.6 Å². The first kappa shape index (κ1) is 10.7. The summed E-state index contributed by atoms with van der Waals surface area (Å²) in [5.41, 5.74) is -0.600. The molecule has 1 unspecified atom stereocenters. The highest BCUT2D eigenvalue weighted by Gasteiger charge is 2.16. The molecule has 7 heteroatoms. The minimum atomic E-state index is -0.551. The van der Waals surface area contributed by atoms with Gasteiger partial charge in [-0.3, -0.25) is 14.7 Å². The van der Waals surface area contributed by atoms with Gasteiger partial charge in [-0.15, -0.1) is 0 Å². The fraction of sp³-hybridized carbons (Fsp3) is 0.556. The molecule has 2 heterocycles. The monoisotopic (exact) mass is 224 g/mol. The van der Waals surface area contributed by atoms with Crippen LogP contribution in [0.4, 0.5) is 5.69 Å². The first-order valence-corrected chi connectivity index (χ1v) is 5.11. The van der Waals surface area contributed by atoms with Crippen molar-refractivity contribution in [2.45, 2.75) is 25.4 Å². The normalized spacial score (nSPS) is 19.9. The summed E-state index contributed by atoms with van der Waals surface area (Å²) in [4.78, 5) is 24.8. The number of hydrogen-bond acceptors (Lipinski definition) is 5. The molecule has 86 valence electrons. The van der Waals surface area contributed by atoms with Crippen molar-refractivity contribution in [3.8, 4) is 0 Å². The van der Waals surface area contributed by atoms with E-state index in [0.29, 0.717) is 6.54 Å². The van der Waals surface area contributed by atoms with E-state index in [1.165, 1.54) is 10.8 Å². The molecule has 2 rings (SSSR count). The molecule has 0 radical (unpaired) electrons. The molecule has 1 saturated heterocycles. The van der Waals surface area contributed by atoms with Crippen LogP contribution in [0.2, 0.25) is 0 Å². The van der Waals surface area contributed by atoms with Crippen molar-refractivity contribution in [3.05, 3.63) is 33.0 Å². The molecule has 0 spiro atoms. The highest BCUT2D eigenvalue weighted by atomic mass is 16.6. The highest BCUT2D eigenvalue weighted by Crippen LogP contribution is 2.09. The van der Waals surface area contributed by atoms with E-state index in [2.05, 4.69) is 10.3 Å². The van der Waals surface area contributed by atoms with Crippen LogP contribution in [-0.4, -0.2) is 27.1 Å². The Morgan fingerprint density at radius 1 is 1.69 bits per heavy atom. The van der Waals surface area contributed by atoms with E-state index >= 15 is 0 Å². The Labute approximate surface area is 91.3 Å². The van der Waals surface area contributed by atoms with Crippen LogP contribution in [0.3, 0.4) is 0 Å². The highest BCUT2D eigenvalue weighted by molar-refractivity contribution is 5.20. The van der Waals surface area contributed by atoms with Gasteiger partial charge < -0.3 is 5.32 Å². The van der Waals surface area contributed by atoms with Gasteiger partial charge in [-0.05, 0) is 19.4 Å². The lowest BCUT2D eigenvalue weighted by Crippen LogP contribution is -2.33. The minimum Gasteiger partial charge on any atom is -0.312 e. The third-order valence-corrected chi connectivity index (χ3v) is 2.63. The predicted octanol–water partition coefficient (Wildman–Crippen LogP) is -0.0965. The van der Waals surface area contributed by atoms with E-state index in [1.807, 2.05) is 0 Å². The fourth-order valence-corrected chi connectivity index (χ4v) is 1.82. The lowest BCUT2D eigenvalue weighted by molar-refractivity contribution is -0.385. The molecule has 1 N–H and O–H groups in total. The zero-order chi connectivity index (χ0) is 11.5. The summed E-state index contributed by atoms with van der Waals surface area (Å²) >= 11 is 0. The van der Waals surface area contributed by atoms with Gasteiger partial charge in [0, 0.05) is 12.6 Å². The summed E-state index contributed by atoms with van der Waals surface area (Å²) in [6, 6.07) is 0.210. The number of rotatable bonds is 3. The Balaban J connectivity index is 2.21. The second-order valence-corrected chi connectivity index (χ2v) is 3.80. The lowest BCUT2D eigenvalue weighted by Gasteiger charge is -2.10. The van der Waals surface area contributed by atoms with Gasteiger partial charge in [0.2, 0.25) is 0 Å². The molecule has 0 saturated carbocycles. The summed E-state index contributed by atoms with van der Waals surface area (Å²) in [5, 5.41) is 13.8. The van der Waals surface area contributed by atoms with Crippen LogP contribution in [0.1, 0.15) is 12.8 Å². The largest absolute Gasteiger partial charge is 0.348 e. The molecule has 0 aromatic carbocycles. The Morgan fingerprint density at radius 3 is 3.12 bits per heavy atom. The number of aromatic nitrogens is 2. The SMILES string of the molecule is O=c1ncc([N+](=O)[O-])cn1CC1CCCN1. The quantitative estimate of drug-likeness (QED) is 0.572. The van der Waals surface area contributed by atoms with E-state index in [1.54, 1.807) is 0 Å². The molecule has 7 nitrogen and oxygen atoms in total. The van der Waals surface area contributed by atoms with Crippen molar-refractivity contribution in [1.29, 1.82) is 0 Å².